The quantitative estimate of drug-likeness (QED) is 0.424. The molecule has 0 bridgehead atoms. The van der Waals surface area contributed by atoms with Crippen LogP contribution >= 0.6 is 23.2 Å². The molecule has 162 valence electrons. The standard InChI is InChI=1S/C21H24Cl2N2O4S/c1-15(26)16-6-8-18(9-7-16)29-13-3-5-17-4-2-12-25(17)24-30(27,28)19-10-11-20(22)21(23)14-19/h6-11,14,17,24H,2-5,12-13H2,1H3. The highest BCUT2D eigenvalue weighted by Crippen LogP contribution is 2.26. The van der Waals surface area contributed by atoms with Crippen molar-refractivity contribution in [1.82, 2.24) is 9.84 Å². The summed E-state index contributed by atoms with van der Waals surface area (Å²) in [6.45, 7) is 2.70. The SMILES string of the molecule is CC(=O)c1ccc(OCCCC2CCCN2NS(=O)(=O)c2ccc(Cl)c(Cl)c2)cc1. The monoisotopic (exact) mass is 470 g/mol. The van der Waals surface area contributed by atoms with E-state index in [-0.39, 0.29) is 21.7 Å². The van der Waals surface area contributed by atoms with Crippen molar-refractivity contribution in [2.75, 3.05) is 13.2 Å². The summed E-state index contributed by atoms with van der Waals surface area (Å²) in [4.78, 5) is 14.1. The lowest BCUT2D eigenvalue weighted by Gasteiger charge is -2.25. The van der Waals surface area contributed by atoms with Crippen LogP contribution in [-0.4, -0.2) is 38.4 Å². The minimum atomic E-state index is -3.73. The highest BCUT2D eigenvalue weighted by Gasteiger charge is 2.28. The molecule has 1 heterocycles. The van der Waals surface area contributed by atoms with Gasteiger partial charge in [-0.3, -0.25) is 4.79 Å². The van der Waals surface area contributed by atoms with Crippen LogP contribution in [0.3, 0.4) is 0 Å². The molecule has 1 atom stereocenters. The van der Waals surface area contributed by atoms with Gasteiger partial charge in [0, 0.05) is 18.2 Å². The molecule has 1 unspecified atom stereocenters. The summed E-state index contributed by atoms with van der Waals surface area (Å²) in [6, 6.07) is 11.4. The number of ether oxygens (including phenoxy) is 1. The van der Waals surface area contributed by atoms with Gasteiger partial charge in [0.05, 0.1) is 21.5 Å². The van der Waals surface area contributed by atoms with E-state index in [1.807, 2.05) is 0 Å². The van der Waals surface area contributed by atoms with Crippen LogP contribution in [0.25, 0.3) is 0 Å². The Morgan fingerprint density at radius 3 is 2.57 bits per heavy atom. The maximum absolute atomic E-state index is 12.7. The number of halogens is 2. The molecule has 2 aromatic rings. The number of Topliss-reactive ketones (excluding diaryl/α,β-unsaturated/α-hetero) is 1. The smallest absolute Gasteiger partial charge is 0.253 e. The maximum Gasteiger partial charge on any atom is 0.253 e. The summed E-state index contributed by atoms with van der Waals surface area (Å²) < 4.78 is 31.1. The molecule has 1 N–H and O–H groups in total. The molecular formula is C21H24Cl2N2O4S. The average Bonchev–Trinajstić information content (AvgIpc) is 3.13. The van der Waals surface area contributed by atoms with Gasteiger partial charge in [-0.05, 0) is 75.1 Å². The second-order valence-corrected chi connectivity index (χ2v) is 9.71. The van der Waals surface area contributed by atoms with Gasteiger partial charge < -0.3 is 4.74 Å². The van der Waals surface area contributed by atoms with Crippen molar-refractivity contribution in [1.29, 1.82) is 0 Å². The molecule has 1 saturated heterocycles. The molecule has 3 rings (SSSR count). The lowest BCUT2D eigenvalue weighted by Crippen LogP contribution is -2.45. The summed E-state index contributed by atoms with van der Waals surface area (Å²) in [6.07, 6.45) is 3.42. The van der Waals surface area contributed by atoms with Crippen molar-refractivity contribution in [2.45, 2.75) is 43.5 Å². The molecule has 1 aliphatic rings. The number of hydrogen-bond donors (Lipinski definition) is 1. The molecule has 30 heavy (non-hydrogen) atoms. The molecule has 1 aliphatic heterocycles. The van der Waals surface area contributed by atoms with Gasteiger partial charge in [-0.1, -0.05) is 23.2 Å². The van der Waals surface area contributed by atoms with E-state index in [2.05, 4.69) is 4.83 Å². The van der Waals surface area contributed by atoms with Crippen LogP contribution in [0.15, 0.2) is 47.4 Å². The first-order valence-corrected chi connectivity index (χ1v) is 12.0. The van der Waals surface area contributed by atoms with Crippen LogP contribution in [0, 0.1) is 0 Å². The zero-order chi connectivity index (χ0) is 21.7. The third kappa shape index (κ3) is 5.95. The van der Waals surface area contributed by atoms with Gasteiger partial charge in [-0.2, -0.15) is 0 Å². The Labute approximate surface area is 187 Å². The minimum absolute atomic E-state index is 0.0196. The highest BCUT2D eigenvalue weighted by atomic mass is 35.5. The predicted octanol–water partition coefficient (Wildman–Crippen LogP) is 4.71. The van der Waals surface area contributed by atoms with E-state index >= 15 is 0 Å². The Hall–Kier alpha value is -1.64. The molecule has 1 fully saturated rings. The Bertz CT molecular complexity index is 997. The number of hydrogen-bond acceptors (Lipinski definition) is 5. The summed E-state index contributed by atoms with van der Waals surface area (Å²) in [5, 5.41) is 2.29. The minimum Gasteiger partial charge on any atom is -0.494 e. The van der Waals surface area contributed by atoms with E-state index in [0.717, 1.165) is 25.7 Å². The van der Waals surface area contributed by atoms with Crippen LogP contribution in [0.5, 0.6) is 5.75 Å². The highest BCUT2D eigenvalue weighted by molar-refractivity contribution is 7.89. The Morgan fingerprint density at radius 2 is 1.90 bits per heavy atom. The summed E-state index contributed by atoms with van der Waals surface area (Å²) in [5.41, 5.74) is 0.651. The third-order valence-electron chi connectivity index (χ3n) is 5.03. The van der Waals surface area contributed by atoms with Crippen molar-refractivity contribution in [3.63, 3.8) is 0 Å². The van der Waals surface area contributed by atoms with E-state index in [4.69, 9.17) is 27.9 Å². The number of sulfonamides is 1. The second kappa shape index (κ2) is 10.1. The van der Waals surface area contributed by atoms with Crippen molar-refractivity contribution in [2.24, 2.45) is 0 Å². The van der Waals surface area contributed by atoms with Gasteiger partial charge in [0.15, 0.2) is 5.78 Å². The maximum atomic E-state index is 12.7. The Kier molecular flexibility index (Phi) is 7.76. The second-order valence-electron chi connectivity index (χ2n) is 7.23. The molecule has 6 nitrogen and oxygen atoms in total. The van der Waals surface area contributed by atoms with Gasteiger partial charge in [0.25, 0.3) is 10.0 Å². The fourth-order valence-electron chi connectivity index (χ4n) is 3.40. The Balaban J connectivity index is 1.50. The fourth-order valence-corrected chi connectivity index (χ4v) is 4.94. The van der Waals surface area contributed by atoms with Gasteiger partial charge in [0.1, 0.15) is 5.75 Å². The zero-order valence-electron chi connectivity index (χ0n) is 16.6. The lowest BCUT2D eigenvalue weighted by molar-refractivity contribution is 0.101. The van der Waals surface area contributed by atoms with E-state index < -0.39 is 10.0 Å². The first-order valence-electron chi connectivity index (χ1n) is 9.74. The van der Waals surface area contributed by atoms with Crippen molar-refractivity contribution >= 4 is 39.0 Å². The van der Waals surface area contributed by atoms with Crippen LogP contribution in [-0.2, 0) is 10.0 Å². The number of rotatable bonds is 9. The third-order valence-corrected chi connectivity index (χ3v) is 7.12. The molecule has 0 aliphatic carbocycles. The number of benzene rings is 2. The number of carbonyl (C=O) groups is 1. The molecular weight excluding hydrogens is 447 g/mol. The van der Waals surface area contributed by atoms with E-state index in [1.165, 1.54) is 25.1 Å². The predicted molar refractivity (Wildman–Crippen MR) is 118 cm³/mol. The Morgan fingerprint density at radius 1 is 1.17 bits per heavy atom. The normalized spacial score (nSPS) is 17.2. The number of nitrogens with one attached hydrogen (secondary N) is 1. The fraction of sp³-hybridized carbons (Fsp3) is 0.381. The number of nitrogens with zero attached hydrogens (tertiary/aromatic N) is 1. The van der Waals surface area contributed by atoms with Crippen LogP contribution in [0.2, 0.25) is 10.0 Å². The van der Waals surface area contributed by atoms with Gasteiger partial charge in [-0.25, -0.2) is 13.4 Å². The molecule has 0 amide bonds. The summed E-state index contributed by atoms with van der Waals surface area (Å²) >= 11 is 11.8. The molecule has 0 spiro atoms. The number of ketones is 1. The summed E-state index contributed by atoms with van der Waals surface area (Å²) in [7, 11) is -3.73. The number of carbonyl (C=O) groups excluding carboxylic acids is 1. The number of hydrazine groups is 1. The molecule has 2 aromatic carbocycles. The van der Waals surface area contributed by atoms with Crippen LogP contribution < -0.4 is 9.57 Å². The lowest BCUT2D eigenvalue weighted by atomic mass is 10.1. The van der Waals surface area contributed by atoms with Gasteiger partial charge in [-0.15, -0.1) is 4.83 Å². The topological polar surface area (TPSA) is 75.7 Å². The zero-order valence-corrected chi connectivity index (χ0v) is 18.9. The van der Waals surface area contributed by atoms with E-state index in [1.54, 1.807) is 29.3 Å². The molecule has 0 radical (unpaired) electrons. The van der Waals surface area contributed by atoms with E-state index in [0.29, 0.717) is 29.5 Å². The molecule has 0 saturated carbocycles. The average molecular weight is 471 g/mol. The first kappa shape index (κ1) is 23.0. The van der Waals surface area contributed by atoms with Crippen molar-refractivity contribution in [3.05, 3.63) is 58.1 Å². The van der Waals surface area contributed by atoms with Crippen LogP contribution in [0.4, 0.5) is 0 Å². The molecule has 0 aromatic heterocycles. The summed E-state index contributed by atoms with van der Waals surface area (Å²) in [5.74, 6) is 0.731. The van der Waals surface area contributed by atoms with Gasteiger partial charge >= 0.3 is 0 Å². The molecule has 9 heteroatoms. The van der Waals surface area contributed by atoms with E-state index in [9.17, 15) is 13.2 Å². The van der Waals surface area contributed by atoms with Crippen molar-refractivity contribution < 1.29 is 17.9 Å². The van der Waals surface area contributed by atoms with Crippen molar-refractivity contribution in [3.8, 4) is 5.75 Å². The van der Waals surface area contributed by atoms with Gasteiger partial charge in [0.2, 0.25) is 0 Å². The van der Waals surface area contributed by atoms with Crippen LogP contribution in [0.1, 0.15) is 43.0 Å². The first-order chi connectivity index (χ1) is 14.3. The largest absolute Gasteiger partial charge is 0.494 e.